The molecule has 0 fully saturated rings. The number of benzene rings is 2. The van der Waals surface area contributed by atoms with Crippen molar-refractivity contribution in [1.82, 2.24) is 5.32 Å². The third-order valence-corrected chi connectivity index (χ3v) is 3.47. The van der Waals surface area contributed by atoms with Crippen molar-refractivity contribution in [3.05, 3.63) is 53.6 Å². The molecule has 6 nitrogen and oxygen atoms in total. The van der Waals surface area contributed by atoms with Gasteiger partial charge in [0.1, 0.15) is 5.75 Å². The van der Waals surface area contributed by atoms with Gasteiger partial charge in [-0.05, 0) is 29.8 Å². The molecule has 1 N–H and O–H groups in total. The van der Waals surface area contributed by atoms with Crippen molar-refractivity contribution in [3.63, 3.8) is 0 Å². The molecule has 0 unspecified atom stereocenters. The van der Waals surface area contributed by atoms with E-state index in [9.17, 15) is 18.0 Å². The number of hydrogen-bond acceptors (Lipinski definition) is 5. The number of nitrogens with one attached hydrogen (secondary N) is 1. The van der Waals surface area contributed by atoms with Gasteiger partial charge in [0.2, 0.25) is 0 Å². The van der Waals surface area contributed by atoms with Crippen molar-refractivity contribution in [2.45, 2.75) is 12.7 Å². The van der Waals surface area contributed by atoms with Crippen LogP contribution in [0.1, 0.15) is 11.1 Å². The lowest BCUT2D eigenvalue weighted by molar-refractivity contribution is -0.153. The van der Waals surface area contributed by atoms with Crippen LogP contribution in [0.4, 0.5) is 13.2 Å². The monoisotopic (exact) mass is 394 g/mol. The van der Waals surface area contributed by atoms with Gasteiger partial charge in [-0.1, -0.05) is 12.1 Å². The summed E-state index contributed by atoms with van der Waals surface area (Å²) in [5.41, 5.74) is 1.08. The maximum atomic E-state index is 12.1. The fourth-order valence-electron chi connectivity index (χ4n) is 2.12. The van der Waals surface area contributed by atoms with E-state index < -0.39 is 18.7 Å². The highest BCUT2D eigenvalue weighted by atomic mass is 19.4. The molecular formula is C19H17F3N2O4. The van der Waals surface area contributed by atoms with E-state index in [0.717, 1.165) is 0 Å². The Bertz CT molecular complexity index is 846. The third kappa shape index (κ3) is 6.72. The highest BCUT2D eigenvalue weighted by Gasteiger charge is 2.28. The Labute approximate surface area is 159 Å². The van der Waals surface area contributed by atoms with E-state index in [0.29, 0.717) is 22.6 Å². The maximum Gasteiger partial charge on any atom is 0.422 e. The van der Waals surface area contributed by atoms with Crippen LogP contribution in [0.15, 0.2) is 42.5 Å². The second-order valence-electron chi connectivity index (χ2n) is 5.59. The van der Waals surface area contributed by atoms with Crippen molar-refractivity contribution < 1.29 is 32.2 Å². The van der Waals surface area contributed by atoms with Crippen LogP contribution in [0, 0.1) is 11.3 Å². The number of carbonyl (C=O) groups excluding carboxylic acids is 1. The second-order valence-corrected chi connectivity index (χ2v) is 5.59. The van der Waals surface area contributed by atoms with Crippen LogP contribution in [0.25, 0.3) is 0 Å². The molecule has 2 aromatic rings. The summed E-state index contributed by atoms with van der Waals surface area (Å²) >= 11 is 0. The molecule has 148 valence electrons. The molecule has 0 atom stereocenters. The molecule has 0 bridgehead atoms. The summed E-state index contributed by atoms with van der Waals surface area (Å²) in [7, 11) is 1.42. The summed E-state index contributed by atoms with van der Waals surface area (Å²) < 4.78 is 51.4. The molecule has 0 aliphatic heterocycles. The van der Waals surface area contributed by atoms with Crippen molar-refractivity contribution in [2.75, 3.05) is 20.3 Å². The summed E-state index contributed by atoms with van der Waals surface area (Å²) in [4.78, 5) is 11.9. The SMILES string of the molecule is COc1cc(C#N)ccc1OCC(=O)NCc1ccc(OCC(F)(F)F)cc1. The Morgan fingerprint density at radius 1 is 1.11 bits per heavy atom. The van der Waals surface area contributed by atoms with Gasteiger partial charge in [0.15, 0.2) is 24.7 Å². The van der Waals surface area contributed by atoms with Crippen LogP contribution in [0.5, 0.6) is 17.2 Å². The maximum absolute atomic E-state index is 12.1. The molecule has 2 rings (SSSR count). The van der Waals surface area contributed by atoms with Crippen LogP contribution in [-0.4, -0.2) is 32.4 Å². The zero-order valence-corrected chi connectivity index (χ0v) is 14.9. The van der Waals surface area contributed by atoms with Gasteiger partial charge in [0.25, 0.3) is 5.91 Å². The molecule has 0 saturated carbocycles. The number of alkyl halides is 3. The first-order valence-electron chi connectivity index (χ1n) is 8.07. The number of rotatable bonds is 8. The number of ether oxygens (including phenoxy) is 3. The van der Waals surface area contributed by atoms with E-state index in [1.165, 1.54) is 37.4 Å². The van der Waals surface area contributed by atoms with Gasteiger partial charge in [-0.2, -0.15) is 18.4 Å². The predicted molar refractivity (Wildman–Crippen MR) is 93.0 cm³/mol. The van der Waals surface area contributed by atoms with Gasteiger partial charge in [-0.25, -0.2) is 0 Å². The van der Waals surface area contributed by atoms with Gasteiger partial charge in [0, 0.05) is 12.6 Å². The molecule has 0 aromatic heterocycles. The van der Waals surface area contributed by atoms with E-state index >= 15 is 0 Å². The summed E-state index contributed by atoms with van der Waals surface area (Å²) in [6.45, 7) is -1.46. The van der Waals surface area contributed by atoms with Crippen LogP contribution in [-0.2, 0) is 11.3 Å². The van der Waals surface area contributed by atoms with Gasteiger partial charge in [-0.3, -0.25) is 4.79 Å². The highest BCUT2D eigenvalue weighted by molar-refractivity contribution is 5.77. The van der Waals surface area contributed by atoms with E-state index in [2.05, 4.69) is 10.1 Å². The van der Waals surface area contributed by atoms with E-state index in [4.69, 9.17) is 14.7 Å². The quantitative estimate of drug-likeness (QED) is 0.744. The molecule has 0 heterocycles. The molecule has 0 radical (unpaired) electrons. The number of halogens is 3. The molecular weight excluding hydrogens is 377 g/mol. The normalized spacial score (nSPS) is 10.7. The molecule has 0 aliphatic rings. The first-order chi connectivity index (χ1) is 13.3. The molecule has 0 aliphatic carbocycles. The van der Waals surface area contributed by atoms with Gasteiger partial charge in [0.05, 0.1) is 18.7 Å². The Morgan fingerprint density at radius 3 is 2.43 bits per heavy atom. The first-order valence-corrected chi connectivity index (χ1v) is 8.07. The standard InChI is InChI=1S/C19H17F3N2O4/c1-26-17-8-14(9-23)4-7-16(17)27-11-18(25)24-10-13-2-5-15(6-3-13)28-12-19(20,21)22/h2-8H,10-12H2,1H3,(H,24,25). The second kappa shape index (κ2) is 9.50. The largest absolute Gasteiger partial charge is 0.493 e. The Kier molecular flexibility index (Phi) is 7.09. The topological polar surface area (TPSA) is 80.6 Å². The van der Waals surface area contributed by atoms with E-state index in [1.807, 2.05) is 6.07 Å². The van der Waals surface area contributed by atoms with Crippen LogP contribution < -0.4 is 19.5 Å². The molecule has 0 spiro atoms. The fourth-order valence-corrected chi connectivity index (χ4v) is 2.12. The molecule has 28 heavy (non-hydrogen) atoms. The highest BCUT2D eigenvalue weighted by Crippen LogP contribution is 2.27. The summed E-state index contributed by atoms with van der Waals surface area (Å²) in [6.07, 6.45) is -4.40. The minimum absolute atomic E-state index is 0.0867. The van der Waals surface area contributed by atoms with Crippen molar-refractivity contribution in [3.8, 4) is 23.3 Å². The average Bonchev–Trinajstić information content (AvgIpc) is 2.69. The lowest BCUT2D eigenvalue weighted by Gasteiger charge is -2.11. The van der Waals surface area contributed by atoms with Crippen LogP contribution >= 0.6 is 0 Å². The Morgan fingerprint density at radius 2 is 1.82 bits per heavy atom. The predicted octanol–water partition coefficient (Wildman–Crippen LogP) is 3.20. The van der Waals surface area contributed by atoms with Crippen LogP contribution in [0.2, 0.25) is 0 Å². The summed E-state index contributed by atoms with van der Waals surface area (Å²) in [5.74, 6) is 0.344. The average molecular weight is 394 g/mol. The lowest BCUT2D eigenvalue weighted by atomic mass is 10.2. The number of nitrogens with zero attached hydrogens (tertiary/aromatic N) is 1. The minimum atomic E-state index is -4.40. The minimum Gasteiger partial charge on any atom is -0.493 e. The van der Waals surface area contributed by atoms with Crippen molar-refractivity contribution >= 4 is 5.91 Å². The zero-order valence-electron chi connectivity index (χ0n) is 14.9. The summed E-state index contributed by atoms with van der Waals surface area (Å²) in [5, 5.41) is 11.5. The van der Waals surface area contributed by atoms with Crippen molar-refractivity contribution in [1.29, 1.82) is 5.26 Å². The third-order valence-electron chi connectivity index (χ3n) is 3.47. The van der Waals surface area contributed by atoms with E-state index in [-0.39, 0.29) is 18.9 Å². The number of methoxy groups -OCH3 is 1. The van der Waals surface area contributed by atoms with Gasteiger partial charge in [-0.15, -0.1) is 0 Å². The van der Waals surface area contributed by atoms with Gasteiger partial charge >= 0.3 is 6.18 Å². The zero-order chi connectivity index (χ0) is 20.6. The molecule has 2 aromatic carbocycles. The number of nitriles is 1. The first kappa shape index (κ1) is 20.9. The molecule has 0 saturated heterocycles. The summed E-state index contributed by atoms with van der Waals surface area (Å²) in [6, 6.07) is 12.4. The van der Waals surface area contributed by atoms with E-state index in [1.54, 1.807) is 12.1 Å². The Balaban J connectivity index is 1.80. The molecule has 1 amide bonds. The number of hydrogen-bond donors (Lipinski definition) is 1. The van der Waals surface area contributed by atoms with Crippen molar-refractivity contribution in [2.24, 2.45) is 0 Å². The number of carbonyl (C=O) groups is 1. The molecule has 9 heteroatoms. The van der Waals surface area contributed by atoms with Gasteiger partial charge < -0.3 is 19.5 Å². The lowest BCUT2D eigenvalue weighted by Crippen LogP contribution is -2.28. The Hall–Kier alpha value is -3.41. The smallest absolute Gasteiger partial charge is 0.422 e. The van der Waals surface area contributed by atoms with Crippen LogP contribution in [0.3, 0.4) is 0 Å². The number of amides is 1. The fraction of sp³-hybridized carbons (Fsp3) is 0.263.